The number of carbonyl (C=O) groups is 3. The van der Waals surface area contributed by atoms with Crippen LogP contribution in [0, 0.1) is 39.9 Å². The summed E-state index contributed by atoms with van der Waals surface area (Å²) in [4.78, 5) is 38.7. The Balaban J connectivity index is 1.33. The zero-order chi connectivity index (χ0) is 28.5. The van der Waals surface area contributed by atoms with Gasteiger partial charge in [0.05, 0.1) is 30.3 Å². The van der Waals surface area contributed by atoms with Crippen LogP contribution in [0.5, 0.6) is 11.5 Å². The second kappa shape index (κ2) is 11.4. The van der Waals surface area contributed by atoms with Crippen LogP contribution in [0.25, 0.3) is 0 Å². The molecular weight excluding hydrogens is 506 g/mol. The molecular formula is C32H43N3O5. The number of methoxy groups -OCH3 is 1. The van der Waals surface area contributed by atoms with E-state index in [0.29, 0.717) is 42.0 Å². The third-order valence-corrected chi connectivity index (χ3v) is 10.4. The molecule has 2 N–H and O–H groups in total. The Hall–Kier alpha value is -3.08. The highest BCUT2D eigenvalue weighted by molar-refractivity contribution is 5.98. The number of nitrogens with one attached hydrogen (secondary N) is 2. The van der Waals surface area contributed by atoms with E-state index in [-0.39, 0.29) is 52.5 Å². The van der Waals surface area contributed by atoms with Gasteiger partial charge >= 0.3 is 0 Å². The minimum absolute atomic E-state index is 0.0586. The predicted octanol–water partition coefficient (Wildman–Crippen LogP) is 4.93. The molecule has 0 saturated heterocycles. The molecule has 8 heteroatoms. The van der Waals surface area contributed by atoms with Crippen LogP contribution in [-0.2, 0) is 9.59 Å². The van der Waals surface area contributed by atoms with E-state index in [1.807, 2.05) is 6.92 Å². The van der Waals surface area contributed by atoms with Gasteiger partial charge in [0, 0.05) is 24.1 Å². The molecule has 5 fully saturated rings. The number of hydrogen-bond donors (Lipinski definition) is 2. The Morgan fingerprint density at radius 2 is 1.70 bits per heavy atom. The van der Waals surface area contributed by atoms with Gasteiger partial charge in [0.25, 0.3) is 5.91 Å². The molecule has 2 bridgehead atoms. The van der Waals surface area contributed by atoms with Crippen LogP contribution < -0.4 is 20.1 Å². The minimum Gasteiger partial charge on any atom is -0.496 e. The maximum atomic E-state index is 13.8. The van der Waals surface area contributed by atoms with Crippen molar-refractivity contribution >= 4 is 18.1 Å². The summed E-state index contributed by atoms with van der Waals surface area (Å²) in [6.07, 6.45) is 11.3. The van der Waals surface area contributed by atoms with Crippen molar-refractivity contribution in [2.45, 2.75) is 96.6 Å². The first kappa shape index (κ1) is 28.4. The van der Waals surface area contributed by atoms with Gasteiger partial charge in [-0.3, -0.25) is 9.59 Å². The quantitative estimate of drug-likeness (QED) is 0.422. The van der Waals surface area contributed by atoms with E-state index in [0.717, 1.165) is 57.7 Å². The van der Waals surface area contributed by atoms with Gasteiger partial charge in [-0.15, -0.1) is 0 Å². The van der Waals surface area contributed by atoms with Crippen LogP contribution >= 0.6 is 0 Å². The van der Waals surface area contributed by atoms with E-state index in [9.17, 15) is 19.6 Å². The molecule has 0 spiro atoms. The number of amides is 2. The molecule has 2 amide bonds. The van der Waals surface area contributed by atoms with Crippen molar-refractivity contribution in [3.63, 3.8) is 0 Å². The second-order valence-corrected chi connectivity index (χ2v) is 13.3. The SMILES string of the molecule is COc1cc(C#N)c(OC2CCC(C)(C=O)CC2)cc1C(=O)N[C@H]1C2CCC(CC2)[C@H]1C(=O)NCC1(C)CCC1. The normalized spacial score (nSPS) is 32.2. The van der Waals surface area contributed by atoms with Crippen LogP contribution in [-0.4, -0.2) is 43.9 Å². The largest absolute Gasteiger partial charge is 0.496 e. The Kier molecular flexibility index (Phi) is 8.13. The molecule has 5 saturated carbocycles. The molecule has 40 heavy (non-hydrogen) atoms. The summed E-state index contributed by atoms with van der Waals surface area (Å²) in [7, 11) is 1.48. The molecule has 0 unspecified atom stereocenters. The lowest BCUT2D eigenvalue weighted by Crippen LogP contribution is -2.58. The first-order chi connectivity index (χ1) is 19.2. The lowest BCUT2D eigenvalue weighted by molar-refractivity contribution is -0.132. The lowest BCUT2D eigenvalue weighted by atomic mass is 9.61. The van der Waals surface area contributed by atoms with Gasteiger partial charge in [-0.1, -0.05) is 20.3 Å². The average Bonchev–Trinajstić information content (AvgIpc) is 2.96. The summed E-state index contributed by atoms with van der Waals surface area (Å²) in [5, 5.41) is 16.3. The van der Waals surface area contributed by atoms with E-state index >= 15 is 0 Å². The number of fused-ring (bicyclic) bond motifs is 3. The van der Waals surface area contributed by atoms with Gasteiger partial charge < -0.3 is 24.9 Å². The molecule has 5 aliphatic rings. The lowest BCUT2D eigenvalue weighted by Gasteiger charge is -2.48. The molecule has 0 heterocycles. The number of nitriles is 1. The van der Waals surface area contributed by atoms with E-state index < -0.39 is 0 Å². The molecule has 0 aliphatic heterocycles. The fourth-order valence-corrected chi connectivity index (χ4v) is 7.40. The third-order valence-electron chi connectivity index (χ3n) is 10.4. The molecule has 0 radical (unpaired) electrons. The number of aldehydes is 1. The van der Waals surface area contributed by atoms with Crippen LogP contribution in [0.1, 0.15) is 100 Å². The van der Waals surface area contributed by atoms with Crippen molar-refractivity contribution in [1.29, 1.82) is 5.26 Å². The zero-order valence-corrected chi connectivity index (χ0v) is 24.1. The summed E-state index contributed by atoms with van der Waals surface area (Å²) in [5.41, 5.74) is 0.461. The molecule has 1 aromatic rings. The monoisotopic (exact) mass is 549 g/mol. The third kappa shape index (κ3) is 5.70. The number of rotatable bonds is 9. The molecule has 8 nitrogen and oxygen atoms in total. The summed E-state index contributed by atoms with van der Waals surface area (Å²) in [5.74, 6) is 0.690. The van der Waals surface area contributed by atoms with E-state index in [1.165, 1.54) is 13.5 Å². The Labute approximate surface area is 237 Å². The maximum absolute atomic E-state index is 13.8. The molecule has 2 atom stereocenters. The van der Waals surface area contributed by atoms with Gasteiger partial charge in [0.1, 0.15) is 23.9 Å². The first-order valence-electron chi connectivity index (χ1n) is 15.0. The fourth-order valence-electron chi connectivity index (χ4n) is 7.40. The van der Waals surface area contributed by atoms with Crippen LogP contribution in [0.4, 0.5) is 0 Å². The number of carbonyl (C=O) groups excluding carboxylic acids is 3. The molecule has 5 aliphatic carbocycles. The smallest absolute Gasteiger partial charge is 0.255 e. The fraction of sp³-hybridized carbons (Fsp3) is 0.688. The van der Waals surface area contributed by atoms with Gasteiger partial charge in [0.2, 0.25) is 5.91 Å². The molecule has 6 rings (SSSR count). The summed E-state index contributed by atoms with van der Waals surface area (Å²) in [6, 6.07) is 5.09. The van der Waals surface area contributed by atoms with Gasteiger partial charge in [-0.05, 0) is 87.5 Å². The van der Waals surface area contributed by atoms with Gasteiger partial charge in [-0.2, -0.15) is 5.26 Å². The standard InChI is InChI=1S/C32H43N3O5/c1-31(11-4-12-31)18-34-30(38)27-20-5-7-21(8-6-20)28(27)35-29(37)24-16-25(22(17-33)15-26(24)39-3)40-23-9-13-32(2,19-36)14-10-23/h15-16,19-21,23,27-28H,4-14,18H2,1-3H3,(H,34,38)(H,35,37)/t20?,21?,23?,27-,28+,32?/m1/s1. The highest BCUT2D eigenvalue weighted by atomic mass is 16.5. The first-order valence-corrected chi connectivity index (χ1v) is 15.0. The van der Waals surface area contributed by atoms with Gasteiger partial charge in [0.15, 0.2) is 0 Å². The van der Waals surface area contributed by atoms with Crippen molar-refractivity contribution in [1.82, 2.24) is 10.6 Å². The van der Waals surface area contributed by atoms with Crippen molar-refractivity contribution in [2.24, 2.45) is 28.6 Å². The van der Waals surface area contributed by atoms with Crippen LogP contribution in [0.3, 0.4) is 0 Å². The zero-order valence-electron chi connectivity index (χ0n) is 24.1. The summed E-state index contributed by atoms with van der Waals surface area (Å²) >= 11 is 0. The molecule has 216 valence electrons. The predicted molar refractivity (Wildman–Crippen MR) is 150 cm³/mol. The number of ether oxygens (including phenoxy) is 2. The Morgan fingerprint density at radius 3 is 2.27 bits per heavy atom. The Morgan fingerprint density at radius 1 is 1.02 bits per heavy atom. The summed E-state index contributed by atoms with van der Waals surface area (Å²) in [6.45, 7) is 4.89. The van der Waals surface area contributed by atoms with Crippen molar-refractivity contribution < 1.29 is 23.9 Å². The second-order valence-electron chi connectivity index (χ2n) is 13.3. The number of benzene rings is 1. The van der Waals surface area contributed by atoms with E-state index in [4.69, 9.17) is 9.47 Å². The van der Waals surface area contributed by atoms with Crippen LogP contribution in [0.15, 0.2) is 12.1 Å². The van der Waals surface area contributed by atoms with Crippen molar-refractivity contribution in [2.75, 3.05) is 13.7 Å². The molecule has 1 aromatic carbocycles. The van der Waals surface area contributed by atoms with Crippen LogP contribution in [0.2, 0.25) is 0 Å². The van der Waals surface area contributed by atoms with Crippen molar-refractivity contribution in [3.8, 4) is 17.6 Å². The topological polar surface area (TPSA) is 118 Å². The number of hydrogen-bond acceptors (Lipinski definition) is 6. The van der Waals surface area contributed by atoms with Crippen molar-refractivity contribution in [3.05, 3.63) is 23.3 Å². The number of nitrogens with zero attached hydrogens (tertiary/aromatic N) is 1. The average molecular weight is 550 g/mol. The molecule has 0 aromatic heterocycles. The van der Waals surface area contributed by atoms with E-state index in [1.54, 1.807) is 12.1 Å². The highest BCUT2D eigenvalue weighted by Gasteiger charge is 2.48. The summed E-state index contributed by atoms with van der Waals surface area (Å²) < 4.78 is 11.8. The maximum Gasteiger partial charge on any atom is 0.255 e. The minimum atomic E-state index is -0.333. The van der Waals surface area contributed by atoms with E-state index in [2.05, 4.69) is 23.6 Å². The highest BCUT2D eigenvalue weighted by Crippen LogP contribution is 2.46. The van der Waals surface area contributed by atoms with Gasteiger partial charge in [-0.25, -0.2) is 0 Å². The Bertz CT molecular complexity index is 1170.